The minimum atomic E-state index is 0.593. The average molecular weight is 230 g/mol. The largest absolute Gasteiger partial charge is 0.384 e. The predicted octanol–water partition coefficient (Wildman–Crippen LogP) is 1.42. The summed E-state index contributed by atoms with van der Waals surface area (Å²) in [6.45, 7) is 1.57. The molecule has 1 aliphatic rings. The highest BCUT2D eigenvalue weighted by atomic mass is 16.5. The first-order chi connectivity index (χ1) is 8.38. The van der Waals surface area contributed by atoms with Crippen LogP contribution in [0, 0.1) is 0 Å². The Morgan fingerprint density at radius 3 is 3.29 bits per heavy atom. The van der Waals surface area contributed by atoms with E-state index in [1.807, 2.05) is 19.2 Å². The first-order valence-electron chi connectivity index (χ1n) is 5.72. The van der Waals surface area contributed by atoms with Crippen LogP contribution in [0.1, 0.15) is 11.5 Å². The van der Waals surface area contributed by atoms with Crippen LogP contribution < -0.4 is 10.6 Å². The third-order valence-corrected chi connectivity index (χ3v) is 2.88. The molecular weight excluding hydrogens is 216 g/mol. The molecule has 17 heavy (non-hydrogen) atoms. The van der Waals surface area contributed by atoms with Crippen LogP contribution in [-0.4, -0.2) is 23.7 Å². The Balaban J connectivity index is 2.00. The third kappa shape index (κ3) is 1.78. The van der Waals surface area contributed by atoms with E-state index < -0.39 is 0 Å². The second-order valence-electron chi connectivity index (χ2n) is 4.06. The van der Waals surface area contributed by atoms with Crippen LogP contribution in [0.4, 0.5) is 5.69 Å². The van der Waals surface area contributed by atoms with Gasteiger partial charge >= 0.3 is 0 Å². The number of anilines is 1. The summed E-state index contributed by atoms with van der Waals surface area (Å²) in [5.74, 6) is 1.26. The number of aromatic nitrogens is 2. The zero-order valence-electron chi connectivity index (χ0n) is 9.66. The van der Waals surface area contributed by atoms with Gasteiger partial charge in [-0.2, -0.15) is 4.98 Å². The van der Waals surface area contributed by atoms with Gasteiger partial charge in [0.25, 0.3) is 0 Å². The summed E-state index contributed by atoms with van der Waals surface area (Å²) in [6.07, 6.45) is 1.06. The standard InChI is InChI=1S/C12H14N4O/c1-13-7-10-15-12(16-17-10)9-4-2-3-8-5-6-14-11(8)9/h2-4,13-14H,5-7H2,1H3. The van der Waals surface area contributed by atoms with Crippen molar-refractivity contribution in [2.24, 2.45) is 0 Å². The number of nitrogens with zero attached hydrogens (tertiary/aromatic N) is 2. The molecule has 88 valence electrons. The first-order valence-corrected chi connectivity index (χ1v) is 5.72. The molecule has 5 nitrogen and oxygen atoms in total. The van der Waals surface area contributed by atoms with Gasteiger partial charge in [-0.3, -0.25) is 0 Å². The molecule has 0 fully saturated rings. The fraction of sp³-hybridized carbons (Fsp3) is 0.333. The maximum Gasteiger partial charge on any atom is 0.240 e. The SMILES string of the molecule is CNCc1nc(-c2cccc3c2NCC3)no1. The van der Waals surface area contributed by atoms with Gasteiger partial charge in [0.1, 0.15) is 0 Å². The normalized spacial score (nSPS) is 13.5. The molecule has 0 aliphatic carbocycles. The summed E-state index contributed by atoms with van der Waals surface area (Å²) in [6, 6.07) is 6.19. The van der Waals surface area contributed by atoms with E-state index in [-0.39, 0.29) is 0 Å². The number of nitrogens with one attached hydrogen (secondary N) is 2. The minimum absolute atomic E-state index is 0.593. The number of hydrogen-bond donors (Lipinski definition) is 2. The lowest BCUT2D eigenvalue weighted by Crippen LogP contribution is -2.04. The summed E-state index contributed by atoms with van der Waals surface area (Å²) in [7, 11) is 1.85. The third-order valence-electron chi connectivity index (χ3n) is 2.88. The van der Waals surface area contributed by atoms with E-state index in [2.05, 4.69) is 26.8 Å². The number of fused-ring (bicyclic) bond motifs is 1. The molecule has 3 rings (SSSR count). The van der Waals surface area contributed by atoms with Gasteiger partial charge in [0.15, 0.2) is 0 Å². The van der Waals surface area contributed by atoms with Crippen molar-refractivity contribution in [3.8, 4) is 11.4 Å². The molecule has 0 spiro atoms. The van der Waals surface area contributed by atoms with Crippen LogP contribution >= 0.6 is 0 Å². The molecule has 0 saturated heterocycles. The number of rotatable bonds is 3. The van der Waals surface area contributed by atoms with Gasteiger partial charge in [-0.25, -0.2) is 0 Å². The molecule has 1 aromatic carbocycles. The van der Waals surface area contributed by atoms with Gasteiger partial charge in [0, 0.05) is 17.8 Å². The minimum Gasteiger partial charge on any atom is -0.384 e. The van der Waals surface area contributed by atoms with Gasteiger partial charge in [-0.05, 0) is 25.1 Å². The fourth-order valence-corrected chi connectivity index (χ4v) is 2.11. The molecule has 0 saturated carbocycles. The van der Waals surface area contributed by atoms with Crippen LogP contribution in [-0.2, 0) is 13.0 Å². The Labute approximate surface area is 99.2 Å². The van der Waals surface area contributed by atoms with Crippen molar-refractivity contribution >= 4 is 5.69 Å². The Morgan fingerprint density at radius 2 is 2.41 bits per heavy atom. The van der Waals surface area contributed by atoms with Gasteiger partial charge in [-0.15, -0.1) is 0 Å². The smallest absolute Gasteiger partial charge is 0.240 e. The molecule has 1 aliphatic heterocycles. The molecule has 5 heteroatoms. The molecule has 0 bridgehead atoms. The number of hydrogen-bond acceptors (Lipinski definition) is 5. The zero-order valence-corrected chi connectivity index (χ0v) is 9.66. The quantitative estimate of drug-likeness (QED) is 0.835. The van der Waals surface area contributed by atoms with E-state index in [1.165, 1.54) is 5.56 Å². The summed E-state index contributed by atoms with van der Waals surface area (Å²) in [5.41, 5.74) is 3.48. The lowest BCUT2D eigenvalue weighted by atomic mass is 10.1. The zero-order chi connectivity index (χ0) is 11.7. The average Bonchev–Trinajstić information content (AvgIpc) is 2.96. The molecule has 0 unspecified atom stereocenters. The first kappa shape index (κ1) is 10.3. The van der Waals surface area contributed by atoms with E-state index >= 15 is 0 Å². The molecule has 2 aromatic rings. The van der Waals surface area contributed by atoms with E-state index in [0.29, 0.717) is 18.3 Å². The highest BCUT2D eigenvalue weighted by Crippen LogP contribution is 2.32. The van der Waals surface area contributed by atoms with Gasteiger partial charge < -0.3 is 15.2 Å². The van der Waals surface area contributed by atoms with Crippen LogP contribution in [0.25, 0.3) is 11.4 Å². The number of para-hydroxylation sites is 1. The van der Waals surface area contributed by atoms with Crippen LogP contribution in [0.15, 0.2) is 22.7 Å². The van der Waals surface area contributed by atoms with E-state index in [9.17, 15) is 0 Å². The van der Waals surface area contributed by atoms with Crippen LogP contribution in [0.3, 0.4) is 0 Å². The maximum absolute atomic E-state index is 5.17. The molecule has 0 amide bonds. The second kappa shape index (κ2) is 4.18. The molecule has 2 heterocycles. The van der Waals surface area contributed by atoms with E-state index in [0.717, 1.165) is 24.2 Å². The van der Waals surface area contributed by atoms with E-state index in [4.69, 9.17) is 4.52 Å². The summed E-state index contributed by atoms with van der Waals surface area (Å²) < 4.78 is 5.17. The lowest BCUT2D eigenvalue weighted by Gasteiger charge is -2.04. The van der Waals surface area contributed by atoms with Gasteiger partial charge in [0.05, 0.1) is 6.54 Å². The Morgan fingerprint density at radius 1 is 1.47 bits per heavy atom. The van der Waals surface area contributed by atoms with Crippen molar-refractivity contribution in [1.29, 1.82) is 0 Å². The van der Waals surface area contributed by atoms with Crippen LogP contribution in [0.2, 0.25) is 0 Å². The van der Waals surface area contributed by atoms with E-state index in [1.54, 1.807) is 0 Å². The maximum atomic E-state index is 5.17. The van der Waals surface area contributed by atoms with Crippen LogP contribution in [0.5, 0.6) is 0 Å². The van der Waals surface area contributed by atoms with Crippen molar-refractivity contribution in [1.82, 2.24) is 15.5 Å². The lowest BCUT2D eigenvalue weighted by molar-refractivity contribution is 0.372. The molecule has 0 atom stereocenters. The monoisotopic (exact) mass is 230 g/mol. The van der Waals surface area contributed by atoms with Crippen molar-refractivity contribution in [3.63, 3.8) is 0 Å². The number of benzene rings is 1. The Bertz CT molecular complexity index is 535. The Hall–Kier alpha value is -1.88. The molecular formula is C12H14N4O. The van der Waals surface area contributed by atoms with Gasteiger partial charge in [-0.1, -0.05) is 17.3 Å². The van der Waals surface area contributed by atoms with Crippen molar-refractivity contribution in [2.75, 3.05) is 18.9 Å². The fourth-order valence-electron chi connectivity index (χ4n) is 2.11. The summed E-state index contributed by atoms with van der Waals surface area (Å²) in [5, 5.41) is 10.4. The topological polar surface area (TPSA) is 63.0 Å². The Kier molecular flexibility index (Phi) is 2.53. The van der Waals surface area contributed by atoms with Crippen molar-refractivity contribution < 1.29 is 4.52 Å². The summed E-state index contributed by atoms with van der Waals surface area (Å²) in [4.78, 5) is 4.37. The van der Waals surface area contributed by atoms with Crippen molar-refractivity contribution in [3.05, 3.63) is 29.7 Å². The second-order valence-corrected chi connectivity index (χ2v) is 4.06. The highest BCUT2D eigenvalue weighted by molar-refractivity contribution is 5.77. The molecule has 1 aromatic heterocycles. The van der Waals surface area contributed by atoms with Crippen molar-refractivity contribution in [2.45, 2.75) is 13.0 Å². The summed E-state index contributed by atoms with van der Waals surface area (Å²) >= 11 is 0. The molecule has 2 N–H and O–H groups in total. The highest BCUT2D eigenvalue weighted by Gasteiger charge is 2.18. The van der Waals surface area contributed by atoms with Gasteiger partial charge in [0.2, 0.25) is 11.7 Å². The molecule has 0 radical (unpaired) electrons. The predicted molar refractivity (Wildman–Crippen MR) is 64.7 cm³/mol.